The molecule has 0 bridgehead atoms. The van der Waals surface area contributed by atoms with Gasteiger partial charge in [-0.3, -0.25) is 4.90 Å². The van der Waals surface area contributed by atoms with Gasteiger partial charge in [0, 0.05) is 49.7 Å². The summed E-state index contributed by atoms with van der Waals surface area (Å²) in [5, 5.41) is 4.09. The third-order valence-corrected chi connectivity index (χ3v) is 6.56. The van der Waals surface area contributed by atoms with E-state index in [-0.39, 0.29) is 25.7 Å². The van der Waals surface area contributed by atoms with Gasteiger partial charge in [0.1, 0.15) is 11.5 Å². The van der Waals surface area contributed by atoms with Crippen LogP contribution in [0.25, 0.3) is 0 Å². The van der Waals surface area contributed by atoms with Crippen LogP contribution in [0.3, 0.4) is 0 Å². The summed E-state index contributed by atoms with van der Waals surface area (Å²) in [6.45, 7) is 4.38. The van der Waals surface area contributed by atoms with E-state index in [1.807, 2.05) is 17.0 Å². The number of benzene rings is 2. The van der Waals surface area contributed by atoms with Gasteiger partial charge in [-0.1, -0.05) is 12.1 Å². The molecule has 1 aromatic heterocycles. The van der Waals surface area contributed by atoms with Crippen molar-refractivity contribution in [1.82, 2.24) is 19.6 Å². The molecule has 0 spiro atoms. The van der Waals surface area contributed by atoms with Gasteiger partial charge in [0.2, 0.25) is 0 Å². The standard InChI is InChI=1S/C25H26N4O5/c30-25(29-7-1-6-26-29)28-10-8-27(9-11-28)24(18-2-4-22-20(12-18)14-31-16-33-22)19-3-5-23-21(13-19)15-32-17-34-23/h1-7,12-13,24H,8-11,14-17H2. The van der Waals surface area contributed by atoms with Crippen LogP contribution in [-0.4, -0.2) is 65.4 Å². The molecule has 1 saturated heterocycles. The Bertz CT molecular complexity index is 1110. The topological polar surface area (TPSA) is 78.3 Å². The first-order valence-corrected chi connectivity index (χ1v) is 11.5. The maximum Gasteiger partial charge on any atom is 0.344 e. The van der Waals surface area contributed by atoms with Crippen molar-refractivity contribution in [3.63, 3.8) is 0 Å². The smallest absolute Gasteiger partial charge is 0.344 e. The van der Waals surface area contributed by atoms with E-state index in [9.17, 15) is 4.79 Å². The van der Waals surface area contributed by atoms with Crippen molar-refractivity contribution >= 4 is 6.03 Å². The average molecular weight is 463 g/mol. The lowest BCUT2D eigenvalue weighted by atomic mass is 9.93. The van der Waals surface area contributed by atoms with Crippen LogP contribution in [0.15, 0.2) is 54.9 Å². The van der Waals surface area contributed by atoms with Crippen LogP contribution in [0, 0.1) is 0 Å². The lowest BCUT2D eigenvalue weighted by Gasteiger charge is -2.40. The largest absolute Gasteiger partial charge is 0.467 e. The Morgan fingerprint density at radius 2 is 1.47 bits per heavy atom. The normalized spacial score (nSPS) is 18.1. The van der Waals surface area contributed by atoms with E-state index in [1.54, 1.807) is 18.5 Å². The van der Waals surface area contributed by atoms with E-state index in [0.717, 1.165) is 46.8 Å². The Morgan fingerprint density at radius 3 is 2.03 bits per heavy atom. The highest BCUT2D eigenvalue weighted by molar-refractivity contribution is 5.75. The number of carbonyl (C=O) groups excluding carboxylic acids is 1. The Balaban J connectivity index is 1.30. The summed E-state index contributed by atoms with van der Waals surface area (Å²) in [6, 6.07) is 14.3. The van der Waals surface area contributed by atoms with Crippen LogP contribution in [-0.2, 0) is 22.7 Å². The lowest BCUT2D eigenvalue weighted by Crippen LogP contribution is -2.51. The van der Waals surface area contributed by atoms with E-state index in [1.165, 1.54) is 4.68 Å². The number of fused-ring (bicyclic) bond motifs is 2. The first kappa shape index (κ1) is 21.2. The first-order valence-electron chi connectivity index (χ1n) is 11.5. The number of ether oxygens (including phenoxy) is 4. The number of hydrogen-bond acceptors (Lipinski definition) is 7. The lowest BCUT2D eigenvalue weighted by molar-refractivity contribution is -0.0165. The molecule has 0 saturated carbocycles. The van der Waals surface area contributed by atoms with E-state index < -0.39 is 0 Å². The molecule has 0 atom stereocenters. The molecule has 0 N–H and O–H groups in total. The molecular weight excluding hydrogens is 436 g/mol. The molecule has 2 aromatic carbocycles. The van der Waals surface area contributed by atoms with Crippen molar-refractivity contribution < 1.29 is 23.7 Å². The summed E-state index contributed by atoms with van der Waals surface area (Å²) >= 11 is 0. The fraction of sp³-hybridized carbons (Fsp3) is 0.360. The molecule has 176 valence electrons. The molecule has 3 aromatic rings. The molecule has 0 aliphatic carbocycles. The predicted octanol–water partition coefficient (Wildman–Crippen LogP) is 2.99. The van der Waals surface area contributed by atoms with Gasteiger partial charge in [0.25, 0.3) is 0 Å². The third kappa shape index (κ3) is 4.02. The Morgan fingerprint density at radius 1 is 0.853 bits per heavy atom. The Hall–Kier alpha value is -3.40. The van der Waals surface area contributed by atoms with E-state index >= 15 is 0 Å². The predicted molar refractivity (Wildman–Crippen MR) is 121 cm³/mol. The number of hydrogen-bond donors (Lipinski definition) is 0. The molecule has 9 nitrogen and oxygen atoms in total. The van der Waals surface area contributed by atoms with Gasteiger partial charge in [-0.15, -0.1) is 0 Å². The maximum atomic E-state index is 12.8. The number of amides is 1. The highest BCUT2D eigenvalue weighted by Gasteiger charge is 2.30. The maximum absolute atomic E-state index is 12.8. The van der Waals surface area contributed by atoms with Crippen LogP contribution in [0.1, 0.15) is 28.3 Å². The molecule has 34 heavy (non-hydrogen) atoms. The average Bonchev–Trinajstić information content (AvgIpc) is 3.44. The van der Waals surface area contributed by atoms with Crippen molar-refractivity contribution in [1.29, 1.82) is 0 Å². The molecule has 6 rings (SSSR count). The Labute approximate surface area is 197 Å². The van der Waals surface area contributed by atoms with Crippen LogP contribution >= 0.6 is 0 Å². The number of carbonyl (C=O) groups is 1. The zero-order valence-corrected chi connectivity index (χ0v) is 18.8. The van der Waals surface area contributed by atoms with Crippen LogP contribution in [0.2, 0.25) is 0 Å². The summed E-state index contributed by atoms with van der Waals surface area (Å²) in [6.07, 6.45) is 3.31. The van der Waals surface area contributed by atoms with Gasteiger partial charge in [-0.2, -0.15) is 9.78 Å². The zero-order chi connectivity index (χ0) is 22.9. The Kier molecular flexibility index (Phi) is 5.66. The molecule has 0 unspecified atom stereocenters. The summed E-state index contributed by atoms with van der Waals surface area (Å²) in [7, 11) is 0. The minimum absolute atomic E-state index is 0.0152. The molecule has 1 amide bonds. The second-order valence-corrected chi connectivity index (χ2v) is 8.61. The van der Waals surface area contributed by atoms with Gasteiger partial charge in [-0.05, 0) is 41.5 Å². The van der Waals surface area contributed by atoms with Gasteiger partial charge < -0.3 is 23.8 Å². The number of rotatable bonds is 3. The van der Waals surface area contributed by atoms with Crippen LogP contribution in [0.5, 0.6) is 11.5 Å². The van der Waals surface area contributed by atoms with E-state index in [4.69, 9.17) is 18.9 Å². The molecule has 9 heteroatoms. The van der Waals surface area contributed by atoms with Gasteiger partial charge in [0.15, 0.2) is 13.6 Å². The number of nitrogens with zero attached hydrogens (tertiary/aromatic N) is 4. The molecule has 3 aliphatic rings. The molecule has 4 heterocycles. The van der Waals surface area contributed by atoms with Gasteiger partial charge in [-0.25, -0.2) is 4.79 Å². The number of piperazine rings is 1. The summed E-state index contributed by atoms with van der Waals surface area (Å²) in [5.41, 5.74) is 4.42. The second kappa shape index (κ2) is 9.09. The molecular formula is C25H26N4O5. The molecule has 1 fully saturated rings. The fourth-order valence-corrected chi connectivity index (χ4v) is 4.87. The van der Waals surface area contributed by atoms with Crippen molar-refractivity contribution in [2.24, 2.45) is 0 Å². The van der Waals surface area contributed by atoms with E-state index in [0.29, 0.717) is 26.3 Å². The highest BCUT2D eigenvalue weighted by atomic mass is 16.7. The van der Waals surface area contributed by atoms with Crippen LogP contribution < -0.4 is 9.47 Å². The van der Waals surface area contributed by atoms with Gasteiger partial charge in [0.05, 0.1) is 19.3 Å². The summed E-state index contributed by atoms with van der Waals surface area (Å²) in [5.74, 6) is 1.74. The van der Waals surface area contributed by atoms with Crippen molar-refractivity contribution in [2.45, 2.75) is 19.3 Å². The number of aromatic nitrogens is 2. The zero-order valence-electron chi connectivity index (χ0n) is 18.8. The van der Waals surface area contributed by atoms with Crippen molar-refractivity contribution in [3.05, 3.63) is 77.1 Å². The van der Waals surface area contributed by atoms with Crippen molar-refractivity contribution in [2.75, 3.05) is 39.8 Å². The summed E-state index contributed by atoms with van der Waals surface area (Å²) in [4.78, 5) is 17.0. The van der Waals surface area contributed by atoms with Gasteiger partial charge >= 0.3 is 6.03 Å². The van der Waals surface area contributed by atoms with Crippen molar-refractivity contribution in [3.8, 4) is 11.5 Å². The monoisotopic (exact) mass is 462 g/mol. The van der Waals surface area contributed by atoms with E-state index in [2.05, 4.69) is 34.3 Å². The third-order valence-electron chi connectivity index (χ3n) is 6.56. The minimum atomic E-state index is -0.0904. The van der Waals surface area contributed by atoms with Crippen LogP contribution in [0.4, 0.5) is 4.79 Å². The SMILES string of the molecule is O=C(N1CCN(C(c2ccc3c(c2)COCO3)c2ccc3c(c2)COCO3)CC1)n1cccn1. The fourth-order valence-electron chi connectivity index (χ4n) is 4.87. The molecule has 3 aliphatic heterocycles. The first-order chi connectivity index (χ1) is 16.8. The molecule has 0 radical (unpaired) electrons. The highest BCUT2D eigenvalue weighted by Crippen LogP contribution is 2.36. The summed E-state index contributed by atoms with van der Waals surface area (Å²) < 4.78 is 23.7. The minimum Gasteiger partial charge on any atom is -0.467 e. The second-order valence-electron chi connectivity index (χ2n) is 8.61. The quantitative estimate of drug-likeness (QED) is 0.592.